The van der Waals surface area contributed by atoms with Gasteiger partial charge in [-0.05, 0) is 49.6 Å². The summed E-state index contributed by atoms with van der Waals surface area (Å²) in [6.45, 7) is 6.81. The fourth-order valence-electron chi connectivity index (χ4n) is 4.70. The van der Waals surface area contributed by atoms with Crippen LogP contribution in [0.5, 0.6) is 0 Å². The Kier molecular flexibility index (Phi) is 5.73. The van der Waals surface area contributed by atoms with E-state index in [-0.39, 0.29) is 17.8 Å². The molecule has 1 unspecified atom stereocenters. The number of nitrogens with zero attached hydrogens (tertiary/aromatic N) is 2. The minimum atomic E-state index is -0.355. The number of carbonyl (C=O) groups is 1. The molecule has 5 rings (SSSR count). The molecule has 0 bridgehead atoms. The van der Waals surface area contributed by atoms with E-state index in [4.69, 9.17) is 10.5 Å². The van der Waals surface area contributed by atoms with Crippen LogP contribution in [0.3, 0.4) is 0 Å². The monoisotopic (exact) mass is 459 g/mol. The SMILES string of the molecule is C[C@H]1CN(c2csc3cc(F)ccc23)CCN1CCC1OCCc2cc(C(N)=O)sc21. The third-order valence-corrected chi connectivity index (χ3v) is 8.59. The van der Waals surface area contributed by atoms with Gasteiger partial charge in [-0.2, -0.15) is 0 Å². The van der Waals surface area contributed by atoms with Gasteiger partial charge in [0.1, 0.15) is 5.82 Å². The molecule has 31 heavy (non-hydrogen) atoms. The van der Waals surface area contributed by atoms with Crippen LogP contribution in [0.4, 0.5) is 10.1 Å². The summed E-state index contributed by atoms with van der Waals surface area (Å²) in [6.07, 6.45) is 1.81. The van der Waals surface area contributed by atoms with E-state index in [1.807, 2.05) is 12.1 Å². The molecule has 1 fully saturated rings. The minimum Gasteiger partial charge on any atom is -0.372 e. The van der Waals surface area contributed by atoms with Gasteiger partial charge in [0.15, 0.2) is 0 Å². The maximum Gasteiger partial charge on any atom is 0.258 e. The molecule has 3 aromatic rings. The van der Waals surface area contributed by atoms with Crippen molar-refractivity contribution in [3.63, 3.8) is 0 Å². The zero-order valence-electron chi connectivity index (χ0n) is 17.5. The number of anilines is 1. The van der Waals surface area contributed by atoms with Crippen LogP contribution in [0.15, 0.2) is 29.6 Å². The molecule has 2 aliphatic heterocycles. The van der Waals surface area contributed by atoms with Gasteiger partial charge in [0, 0.05) is 52.6 Å². The van der Waals surface area contributed by atoms with Gasteiger partial charge < -0.3 is 15.4 Å². The topological polar surface area (TPSA) is 58.8 Å². The standard InChI is InChI=1S/C23H26FN3O2S2/c1-14-12-27(18-13-30-20-11-16(24)2-3-17(18)20)8-7-26(14)6-4-19-22-15(5-9-29-19)10-21(31-22)23(25)28/h2-3,10-11,13-14,19H,4-9,12H2,1H3,(H2,25,28)/t14-,19?/m0/s1. The molecule has 2 atom stereocenters. The number of piperazine rings is 1. The van der Waals surface area contributed by atoms with Gasteiger partial charge in [-0.15, -0.1) is 22.7 Å². The number of halogens is 1. The predicted molar refractivity (Wildman–Crippen MR) is 125 cm³/mol. The molecular formula is C23H26FN3O2S2. The van der Waals surface area contributed by atoms with Crippen LogP contribution in [0.25, 0.3) is 10.1 Å². The van der Waals surface area contributed by atoms with Crippen molar-refractivity contribution in [1.82, 2.24) is 4.90 Å². The van der Waals surface area contributed by atoms with Crippen molar-refractivity contribution in [1.29, 1.82) is 0 Å². The molecule has 0 saturated carbocycles. The van der Waals surface area contributed by atoms with E-state index in [0.29, 0.717) is 17.5 Å². The fourth-order valence-corrected chi connectivity index (χ4v) is 6.84. The van der Waals surface area contributed by atoms with E-state index < -0.39 is 0 Å². The Morgan fingerprint density at radius 1 is 1.32 bits per heavy atom. The van der Waals surface area contributed by atoms with E-state index in [1.165, 1.54) is 27.5 Å². The molecule has 1 saturated heterocycles. The molecule has 1 amide bonds. The van der Waals surface area contributed by atoms with E-state index in [2.05, 4.69) is 22.1 Å². The number of hydrogen-bond donors (Lipinski definition) is 1. The maximum atomic E-state index is 13.5. The summed E-state index contributed by atoms with van der Waals surface area (Å²) < 4.78 is 20.6. The summed E-state index contributed by atoms with van der Waals surface area (Å²) in [5.74, 6) is -0.535. The number of thiophene rings is 2. The van der Waals surface area contributed by atoms with Crippen LogP contribution in [-0.2, 0) is 11.2 Å². The molecule has 4 heterocycles. The van der Waals surface area contributed by atoms with E-state index >= 15 is 0 Å². The number of carbonyl (C=O) groups excluding carboxylic acids is 1. The Morgan fingerprint density at radius 3 is 3.00 bits per heavy atom. The smallest absolute Gasteiger partial charge is 0.258 e. The van der Waals surface area contributed by atoms with Gasteiger partial charge in [-0.3, -0.25) is 9.69 Å². The Labute approximate surface area is 189 Å². The second-order valence-corrected chi connectivity index (χ2v) is 10.3. The van der Waals surface area contributed by atoms with Gasteiger partial charge in [-0.25, -0.2) is 4.39 Å². The highest BCUT2D eigenvalue weighted by Crippen LogP contribution is 2.37. The molecule has 2 aromatic heterocycles. The first-order valence-electron chi connectivity index (χ1n) is 10.7. The number of rotatable bonds is 5. The molecule has 5 nitrogen and oxygen atoms in total. The van der Waals surface area contributed by atoms with Crippen molar-refractivity contribution in [2.75, 3.05) is 37.7 Å². The maximum absolute atomic E-state index is 13.5. The van der Waals surface area contributed by atoms with Gasteiger partial charge in [0.05, 0.1) is 23.3 Å². The summed E-state index contributed by atoms with van der Waals surface area (Å²) in [6, 6.07) is 7.42. The van der Waals surface area contributed by atoms with Crippen LogP contribution in [0, 0.1) is 5.82 Å². The highest BCUT2D eigenvalue weighted by molar-refractivity contribution is 7.17. The Balaban J connectivity index is 1.23. The largest absolute Gasteiger partial charge is 0.372 e. The van der Waals surface area contributed by atoms with E-state index in [9.17, 15) is 9.18 Å². The summed E-state index contributed by atoms with van der Waals surface area (Å²) in [5, 5.41) is 3.29. The zero-order chi connectivity index (χ0) is 21.5. The van der Waals surface area contributed by atoms with Crippen LogP contribution >= 0.6 is 22.7 Å². The van der Waals surface area contributed by atoms with Crippen molar-refractivity contribution >= 4 is 44.4 Å². The molecule has 8 heteroatoms. The van der Waals surface area contributed by atoms with Crippen molar-refractivity contribution in [3.05, 3.63) is 50.8 Å². The normalized spacial score (nSPS) is 22.1. The Morgan fingerprint density at radius 2 is 2.19 bits per heavy atom. The third-order valence-electron chi connectivity index (χ3n) is 6.37. The second kappa shape index (κ2) is 8.50. The van der Waals surface area contributed by atoms with Gasteiger partial charge in [-0.1, -0.05) is 0 Å². The van der Waals surface area contributed by atoms with Crippen molar-refractivity contribution in [3.8, 4) is 0 Å². The lowest BCUT2D eigenvalue weighted by Crippen LogP contribution is -2.52. The van der Waals surface area contributed by atoms with Crippen LogP contribution in [-0.4, -0.2) is 49.6 Å². The molecule has 164 valence electrons. The molecule has 0 spiro atoms. The fraction of sp³-hybridized carbons (Fsp3) is 0.435. The van der Waals surface area contributed by atoms with Gasteiger partial charge >= 0.3 is 0 Å². The summed E-state index contributed by atoms with van der Waals surface area (Å²) in [7, 11) is 0. The van der Waals surface area contributed by atoms with Crippen LogP contribution in [0.1, 0.15) is 39.6 Å². The average molecular weight is 460 g/mol. The van der Waals surface area contributed by atoms with Crippen molar-refractivity contribution in [2.24, 2.45) is 5.73 Å². The molecule has 2 N–H and O–H groups in total. The first-order valence-corrected chi connectivity index (χ1v) is 12.4. The van der Waals surface area contributed by atoms with Crippen LogP contribution in [0.2, 0.25) is 0 Å². The van der Waals surface area contributed by atoms with Crippen molar-refractivity contribution < 1.29 is 13.9 Å². The number of amides is 1. The quantitative estimate of drug-likeness (QED) is 0.614. The summed E-state index contributed by atoms with van der Waals surface area (Å²) in [5.41, 5.74) is 7.90. The summed E-state index contributed by atoms with van der Waals surface area (Å²) >= 11 is 3.09. The minimum absolute atomic E-state index is 0.0443. The lowest BCUT2D eigenvalue weighted by Gasteiger charge is -2.41. The number of hydrogen-bond acceptors (Lipinski definition) is 6. The number of nitrogens with two attached hydrogens (primary N) is 1. The zero-order valence-corrected chi connectivity index (χ0v) is 19.1. The highest BCUT2D eigenvalue weighted by Gasteiger charge is 2.29. The molecule has 0 radical (unpaired) electrons. The first-order chi connectivity index (χ1) is 15.0. The Bertz CT molecular complexity index is 1110. The first kappa shape index (κ1) is 20.9. The third kappa shape index (κ3) is 4.09. The number of fused-ring (bicyclic) bond motifs is 2. The average Bonchev–Trinajstić information content (AvgIpc) is 3.37. The highest BCUT2D eigenvalue weighted by atomic mass is 32.1. The van der Waals surface area contributed by atoms with Gasteiger partial charge in [0.25, 0.3) is 5.91 Å². The second-order valence-electron chi connectivity index (χ2n) is 8.35. The number of primary amides is 1. The van der Waals surface area contributed by atoms with Crippen molar-refractivity contribution in [2.45, 2.75) is 31.9 Å². The van der Waals surface area contributed by atoms with E-state index in [1.54, 1.807) is 23.5 Å². The molecule has 0 aliphatic carbocycles. The summed E-state index contributed by atoms with van der Waals surface area (Å²) in [4.78, 5) is 18.3. The lowest BCUT2D eigenvalue weighted by atomic mass is 10.0. The molecule has 1 aromatic carbocycles. The molecular weight excluding hydrogens is 433 g/mol. The molecule has 2 aliphatic rings. The number of ether oxygens (including phenoxy) is 1. The van der Waals surface area contributed by atoms with E-state index in [0.717, 1.165) is 49.1 Å². The number of benzene rings is 1. The Hall–Kier alpha value is -2.00. The van der Waals surface area contributed by atoms with Crippen LogP contribution < -0.4 is 10.6 Å². The van der Waals surface area contributed by atoms with Gasteiger partial charge in [0.2, 0.25) is 0 Å². The lowest BCUT2D eigenvalue weighted by molar-refractivity contribution is 0.0283. The predicted octanol–water partition coefficient (Wildman–Crippen LogP) is 4.42.